The van der Waals surface area contributed by atoms with Crippen molar-refractivity contribution in [3.63, 3.8) is 0 Å². The Morgan fingerprint density at radius 3 is 1.84 bits per heavy atom. The third kappa shape index (κ3) is 6.46. The molecule has 0 bridgehead atoms. The lowest BCUT2D eigenvalue weighted by Gasteiger charge is -2.30. The standard InChI is InChI=1S/C12H23N.C7H5NO4/c1-3-7-11(8-4-1)13-12-9-5-2-6-10-12;9-7(10)5-3-1-2-4-6(5)8(11)12/h11-13H,1-10H2;1-4H,(H,9,10). The summed E-state index contributed by atoms with van der Waals surface area (Å²) in [6.45, 7) is 0. The van der Waals surface area contributed by atoms with Gasteiger partial charge in [-0.2, -0.15) is 0 Å². The van der Waals surface area contributed by atoms with E-state index in [0.717, 1.165) is 18.2 Å². The van der Waals surface area contributed by atoms with Crippen LogP contribution in [0.5, 0.6) is 0 Å². The van der Waals surface area contributed by atoms with Crippen molar-refractivity contribution < 1.29 is 14.8 Å². The maximum atomic E-state index is 10.4. The first kappa shape index (κ1) is 19.4. The summed E-state index contributed by atoms with van der Waals surface area (Å²) < 4.78 is 0. The number of rotatable bonds is 4. The molecule has 2 fully saturated rings. The monoisotopic (exact) mass is 348 g/mol. The van der Waals surface area contributed by atoms with Crippen LogP contribution in [0.2, 0.25) is 0 Å². The minimum atomic E-state index is -1.29. The molecular formula is C19H28N2O4. The topological polar surface area (TPSA) is 92.5 Å². The van der Waals surface area contributed by atoms with Crippen LogP contribution >= 0.6 is 0 Å². The van der Waals surface area contributed by atoms with Crippen LogP contribution in [0.3, 0.4) is 0 Å². The van der Waals surface area contributed by atoms with E-state index in [1.54, 1.807) is 0 Å². The molecule has 2 saturated carbocycles. The van der Waals surface area contributed by atoms with Crippen LogP contribution in [0.25, 0.3) is 0 Å². The minimum absolute atomic E-state index is 0.289. The van der Waals surface area contributed by atoms with E-state index in [1.807, 2.05) is 0 Å². The predicted molar refractivity (Wildman–Crippen MR) is 96.9 cm³/mol. The summed E-state index contributed by atoms with van der Waals surface area (Å²) in [5, 5.41) is 22.6. The van der Waals surface area contributed by atoms with Crippen molar-refractivity contribution in [3.8, 4) is 0 Å². The third-order valence-electron chi connectivity index (χ3n) is 5.01. The van der Waals surface area contributed by atoms with Gasteiger partial charge in [-0.05, 0) is 31.7 Å². The highest BCUT2D eigenvalue weighted by atomic mass is 16.6. The van der Waals surface area contributed by atoms with Gasteiger partial charge in [-0.3, -0.25) is 10.1 Å². The molecule has 0 aromatic heterocycles. The zero-order chi connectivity index (χ0) is 18.1. The summed E-state index contributed by atoms with van der Waals surface area (Å²) in [6, 6.07) is 6.96. The summed E-state index contributed by atoms with van der Waals surface area (Å²) in [7, 11) is 0. The average molecular weight is 348 g/mol. The van der Waals surface area contributed by atoms with Crippen molar-refractivity contribution in [1.82, 2.24) is 5.32 Å². The van der Waals surface area contributed by atoms with Crippen molar-refractivity contribution in [2.75, 3.05) is 0 Å². The molecule has 0 aliphatic heterocycles. The number of carboxylic acids is 1. The number of hydrogen-bond acceptors (Lipinski definition) is 4. The van der Waals surface area contributed by atoms with Gasteiger partial charge in [-0.25, -0.2) is 4.79 Å². The molecule has 0 spiro atoms. The number of carboxylic acid groups (broad SMARTS) is 1. The van der Waals surface area contributed by atoms with Crippen molar-refractivity contribution in [3.05, 3.63) is 39.9 Å². The highest BCUT2D eigenvalue weighted by Gasteiger charge is 2.19. The van der Waals surface area contributed by atoms with Gasteiger partial charge < -0.3 is 10.4 Å². The molecule has 0 heterocycles. The highest BCUT2D eigenvalue weighted by molar-refractivity contribution is 5.92. The normalized spacial score (nSPS) is 18.9. The number of nitrogens with zero attached hydrogens (tertiary/aromatic N) is 1. The Hall–Kier alpha value is -1.95. The summed E-state index contributed by atoms with van der Waals surface area (Å²) in [4.78, 5) is 20.0. The Labute approximate surface area is 148 Å². The minimum Gasteiger partial charge on any atom is -0.477 e. The molecule has 138 valence electrons. The molecule has 3 rings (SSSR count). The lowest BCUT2D eigenvalue weighted by atomic mass is 9.91. The second-order valence-electron chi connectivity index (χ2n) is 6.92. The van der Waals surface area contributed by atoms with Crippen molar-refractivity contribution in [1.29, 1.82) is 0 Å². The van der Waals surface area contributed by atoms with Crippen molar-refractivity contribution >= 4 is 11.7 Å². The van der Waals surface area contributed by atoms with Crippen LogP contribution in [0.4, 0.5) is 5.69 Å². The Bertz CT molecular complexity index is 515. The Morgan fingerprint density at radius 2 is 1.44 bits per heavy atom. The van der Waals surface area contributed by atoms with Crippen molar-refractivity contribution in [2.24, 2.45) is 0 Å². The van der Waals surface area contributed by atoms with Gasteiger partial charge in [0, 0.05) is 18.2 Å². The van der Waals surface area contributed by atoms with E-state index >= 15 is 0 Å². The molecule has 1 aromatic carbocycles. The molecule has 0 unspecified atom stereocenters. The lowest BCUT2D eigenvalue weighted by Crippen LogP contribution is -2.40. The average Bonchev–Trinajstić information content (AvgIpc) is 2.64. The van der Waals surface area contributed by atoms with Crippen LogP contribution in [-0.2, 0) is 0 Å². The first-order valence-corrected chi connectivity index (χ1v) is 9.30. The quantitative estimate of drug-likeness (QED) is 0.616. The van der Waals surface area contributed by atoms with E-state index in [4.69, 9.17) is 5.11 Å². The predicted octanol–water partition coefficient (Wildman–Crippen LogP) is 4.53. The van der Waals surface area contributed by atoms with E-state index in [0.29, 0.717) is 0 Å². The van der Waals surface area contributed by atoms with Gasteiger partial charge >= 0.3 is 5.97 Å². The molecule has 2 aliphatic rings. The van der Waals surface area contributed by atoms with Gasteiger partial charge in [0.1, 0.15) is 5.56 Å². The fourth-order valence-electron chi connectivity index (χ4n) is 3.69. The second-order valence-corrected chi connectivity index (χ2v) is 6.92. The third-order valence-corrected chi connectivity index (χ3v) is 5.01. The Balaban J connectivity index is 0.000000181. The smallest absolute Gasteiger partial charge is 0.342 e. The van der Waals surface area contributed by atoms with Gasteiger partial charge in [-0.15, -0.1) is 0 Å². The first-order chi connectivity index (χ1) is 12.1. The zero-order valence-corrected chi connectivity index (χ0v) is 14.7. The Kier molecular flexibility index (Phi) is 7.85. The summed E-state index contributed by atoms with van der Waals surface area (Å²) >= 11 is 0. The number of nitro benzene ring substituents is 1. The van der Waals surface area contributed by atoms with Gasteiger partial charge in [0.2, 0.25) is 0 Å². The van der Waals surface area contributed by atoms with Gasteiger partial charge in [0.25, 0.3) is 5.69 Å². The summed E-state index contributed by atoms with van der Waals surface area (Å²) in [6.07, 6.45) is 14.6. The molecule has 2 N–H and O–H groups in total. The number of nitro groups is 1. The number of aromatic carboxylic acids is 1. The maximum Gasteiger partial charge on any atom is 0.342 e. The molecule has 0 radical (unpaired) electrons. The molecule has 25 heavy (non-hydrogen) atoms. The summed E-state index contributed by atoms with van der Waals surface area (Å²) in [5.74, 6) is -1.29. The lowest BCUT2D eigenvalue weighted by molar-refractivity contribution is -0.385. The van der Waals surface area contributed by atoms with E-state index in [-0.39, 0.29) is 11.3 Å². The van der Waals surface area contributed by atoms with Crippen LogP contribution in [-0.4, -0.2) is 28.1 Å². The van der Waals surface area contributed by atoms with Gasteiger partial charge in [0.05, 0.1) is 4.92 Å². The number of nitrogens with one attached hydrogen (secondary N) is 1. The molecule has 1 aromatic rings. The molecule has 0 atom stereocenters. The van der Waals surface area contributed by atoms with E-state index in [1.165, 1.54) is 82.4 Å². The largest absolute Gasteiger partial charge is 0.477 e. The number of carbonyl (C=O) groups is 1. The number of hydrogen-bond donors (Lipinski definition) is 2. The van der Waals surface area contributed by atoms with Crippen molar-refractivity contribution in [2.45, 2.75) is 76.3 Å². The maximum absolute atomic E-state index is 10.4. The highest BCUT2D eigenvalue weighted by Crippen LogP contribution is 2.22. The molecule has 6 nitrogen and oxygen atoms in total. The van der Waals surface area contributed by atoms with Crippen LogP contribution in [0.15, 0.2) is 24.3 Å². The van der Waals surface area contributed by atoms with Crippen LogP contribution in [0, 0.1) is 10.1 Å². The first-order valence-electron chi connectivity index (χ1n) is 9.30. The van der Waals surface area contributed by atoms with Gasteiger partial charge in [-0.1, -0.05) is 50.7 Å². The van der Waals surface area contributed by atoms with E-state index in [9.17, 15) is 14.9 Å². The fourth-order valence-corrected chi connectivity index (χ4v) is 3.69. The molecule has 2 aliphatic carbocycles. The van der Waals surface area contributed by atoms with E-state index in [2.05, 4.69) is 5.32 Å². The SMILES string of the molecule is C1CCC(NC2CCCCC2)CC1.O=C(O)c1ccccc1[N+](=O)[O-]. The van der Waals surface area contributed by atoms with Gasteiger partial charge in [0.15, 0.2) is 0 Å². The molecular weight excluding hydrogens is 320 g/mol. The van der Waals surface area contributed by atoms with Crippen LogP contribution < -0.4 is 5.32 Å². The molecule has 6 heteroatoms. The second kappa shape index (κ2) is 10.1. The molecule has 0 amide bonds. The molecule has 0 saturated heterocycles. The van der Waals surface area contributed by atoms with Crippen LogP contribution in [0.1, 0.15) is 74.6 Å². The van der Waals surface area contributed by atoms with E-state index < -0.39 is 10.9 Å². The Morgan fingerprint density at radius 1 is 0.960 bits per heavy atom. The zero-order valence-electron chi connectivity index (χ0n) is 14.7. The summed E-state index contributed by atoms with van der Waals surface area (Å²) in [5.41, 5.74) is -0.674. The fraction of sp³-hybridized carbons (Fsp3) is 0.632. The number of para-hydroxylation sites is 1. The number of benzene rings is 1.